The van der Waals surface area contributed by atoms with Crippen molar-refractivity contribution in [3.8, 4) is 17.2 Å². The molecule has 0 unspecified atom stereocenters. The molecule has 4 atom stereocenters. The van der Waals surface area contributed by atoms with Gasteiger partial charge in [-0.15, -0.1) is 0 Å². The van der Waals surface area contributed by atoms with Crippen LogP contribution in [0.15, 0.2) is 110 Å². The van der Waals surface area contributed by atoms with Gasteiger partial charge in [-0.1, -0.05) is 67.3 Å². The molecule has 7 rings (SSSR count). The van der Waals surface area contributed by atoms with Gasteiger partial charge in [-0.2, -0.15) is 0 Å². The molecule has 4 aromatic rings. The van der Waals surface area contributed by atoms with E-state index < -0.39 is 23.4 Å². The van der Waals surface area contributed by atoms with Crippen molar-refractivity contribution in [1.82, 2.24) is 4.90 Å². The second-order valence-electron chi connectivity index (χ2n) is 11.5. The topological polar surface area (TPSA) is 94.2 Å². The minimum absolute atomic E-state index is 0.263. The monoisotopic (exact) mass is 612 g/mol. The summed E-state index contributed by atoms with van der Waals surface area (Å²) in [4.78, 5) is 46.6. The molecule has 3 aliphatic rings. The van der Waals surface area contributed by atoms with E-state index in [1.54, 1.807) is 48.5 Å². The van der Waals surface area contributed by atoms with Gasteiger partial charge in [0, 0.05) is 23.0 Å². The minimum atomic E-state index is -1.44. The highest BCUT2D eigenvalue weighted by Crippen LogP contribution is 2.62. The number of methoxy groups -OCH3 is 2. The summed E-state index contributed by atoms with van der Waals surface area (Å²) in [6.07, 6.45) is 5.41. The molecule has 0 saturated carbocycles. The molecule has 8 nitrogen and oxygen atoms in total. The molecule has 3 heterocycles. The fraction of sp³-hybridized carbons (Fsp3) is 0.184. The summed E-state index contributed by atoms with van der Waals surface area (Å²) >= 11 is 0. The second kappa shape index (κ2) is 11.4. The molecule has 4 aromatic carbocycles. The van der Waals surface area contributed by atoms with Crippen molar-refractivity contribution < 1.29 is 28.6 Å². The van der Waals surface area contributed by atoms with E-state index in [1.807, 2.05) is 65.7 Å². The molecule has 46 heavy (non-hydrogen) atoms. The van der Waals surface area contributed by atoms with Crippen LogP contribution in [0.1, 0.15) is 43.4 Å². The average molecular weight is 613 g/mol. The Balaban J connectivity index is 1.49. The van der Waals surface area contributed by atoms with Gasteiger partial charge in [0.15, 0.2) is 23.1 Å². The van der Waals surface area contributed by atoms with Crippen molar-refractivity contribution >= 4 is 29.2 Å². The van der Waals surface area contributed by atoms with Gasteiger partial charge in [-0.3, -0.25) is 14.4 Å². The molecule has 230 valence electrons. The Hall–Kier alpha value is -5.63. The molecule has 0 aliphatic carbocycles. The number of benzene rings is 4. The number of Topliss-reactive ketones (excluding diaryl/α,β-unsaturated/α-hetero) is 2. The largest absolute Gasteiger partial charge is 0.493 e. The third-order valence-electron chi connectivity index (χ3n) is 9.28. The first-order valence-corrected chi connectivity index (χ1v) is 15.0. The molecule has 1 saturated heterocycles. The summed E-state index contributed by atoms with van der Waals surface area (Å²) in [5.41, 5.74) is 2.32. The lowest BCUT2D eigenvalue weighted by atomic mass is 9.62. The standard InChI is InChI=1S/C38H32N2O6/c1-4-20-46-26-12-9-11-24(21-26)34(41)32-33(35(42)25-16-17-30(44-2)31(22-25)45-3)40-19-18-23-10-5-6-13-27(23)36(40)38(32)28-14-7-8-15-29(28)39-37(38)43/h4-19,21-22,32-33,36H,1,20H2,2-3H3,(H,39,43)/t32-,33+,36+,38+/m0/s1. The van der Waals surface area contributed by atoms with Crippen molar-refractivity contribution in [2.45, 2.75) is 17.5 Å². The molecule has 0 bridgehead atoms. The van der Waals surface area contributed by atoms with Crippen molar-refractivity contribution in [3.63, 3.8) is 0 Å². The van der Waals surface area contributed by atoms with Crippen LogP contribution in [0.2, 0.25) is 0 Å². The highest BCUT2D eigenvalue weighted by molar-refractivity contribution is 6.16. The lowest BCUT2D eigenvalue weighted by molar-refractivity contribution is -0.122. The van der Waals surface area contributed by atoms with E-state index in [2.05, 4.69) is 11.9 Å². The summed E-state index contributed by atoms with van der Waals surface area (Å²) in [6.45, 7) is 3.98. The second-order valence-corrected chi connectivity index (χ2v) is 11.5. The van der Waals surface area contributed by atoms with Gasteiger partial charge < -0.3 is 24.4 Å². The molecule has 1 spiro atoms. The number of hydrogen-bond donors (Lipinski definition) is 1. The zero-order valence-electron chi connectivity index (χ0n) is 25.4. The number of ketones is 2. The van der Waals surface area contributed by atoms with Crippen LogP contribution in [0.3, 0.4) is 0 Å². The maximum atomic E-state index is 15.1. The number of amides is 1. The summed E-state index contributed by atoms with van der Waals surface area (Å²) in [5.74, 6) is -0.756. The molecule has 3 aliphatic heterocycles. The Morgan fingerprint density at radius 3 is 2.46 bits per heavy atom. The van der Waals surface area contributed by atoms with E-state index >= 15 is 4.79 Å². The zero-order chi connectivity index (χ0) is 32.0. The number of para-hydroxylation sites is 1. The molecule has 8 heteroatoms. The maximum absolute atomic E-state index is 15.1. The van der Waals surface area contributed by atoms with Crippen molar-refractivity contribution in [3.05, 3.63) is 138 Å². The molecule has 1 amide bonds. The third-order valence-corrected chi connectivity index (χ3v) is 9.28. The number of fused-ring (bicyclic) bond motifs is 6. The molecule has 0 aromatic heterocycles. The number of nitrogens with one attached hydrogen (secondary N) is 1. The van der Waals surface area contributed by atoms with Crippen molar-refractivity contribution in [2.75, 3.05) is 26.1 Å². The maximum Gasteiger partial charge on any atom is 0.238 e. The number of anilines is 1. The molecule has 0 radical (unpaired) electrons. The van der Waals surface area contributed by atoms with Crippen LogP contribution in [-0.4, -0.2) is 49.2 Å². The Labute approximate surface area is 266 Å². The predicted octanol–water partition coefficient (Wildman–Crippen LogP) is 6.25. The van der Waals surface area contributed by atoms with Gasteiger partial charge in [0.05, 0.1) is 26.2 Å². The Morgan fingerprint density at radius 1 is 0.891 bits per heavy atom. The first-order chi connectivity index (χ1) is 22.4. The van der Waals surface area contributed by atoms with Crippen LogP contribution in [0, 0.1) is 5.92 Å². The fourth-order valence-corrected chi connectivity index (χ4v) is 7.40. The normalized spacial score (nSPS) is 22.0. The quantitative estimate of drug-likeness (QED) is 0.176. The minimum Gasteiger partial charge on any atom is -0.493 e. The van der Waals surface area contributed by atoms with E-state index in [1.165, 1.54) is 14.2 Å². The van der Waals surface area contributed by atoms with Gasteiger partial charge in [0.2, 0.25) is 5.91 Å². The number of hydrogen-bond acceptors (Lipinski definition) is 7. The lowest BCUT2D eigenvalue weighted by Gasteiger charge is -2.38. The Kier molecular flexibility index (Phi) is 7.20. The molecule has 1 N–H and O–H groups in total. The highest BCUT2D eigenvalue weighted by Gasteiger charge is 2.70. The van der Waals surface area contributed by atoms with Gasteiger partial charge in [-0.25, -0.2) is 0 Å². The number of carbonyl (C=O) groups excluding carboxylic acids is 3. The predicted molar refractivity (Wildman–Crippen MR) is 174 cm³/mol. The molecular formula is C38H32N2O6. The summed E-state index contributed by atoms with van der Waals surface area (Å²) < 4.78 is 16.7. The van der Waals surface area contributed by atoms with Gasteiger partial charge in [0.25, 0.3) is 0 Å². The average Bonchev–Trinajstić information content (AvgIpc) is 3.58. The van der Waals surface area contributed by atoms with Crippen molar-refractivity contribution in [2.24, 2.45) is 5.92 Å². The smallest absolute Gasteiger partial charge is 0.238 e. The summed E-state index contributed by atoms with van der Waals surface area (Å²) in [7, 11) is 3.03. The fourth-order valence-electron chi connectivity index (χ4n) is 7.40. The third kappa shape index (κ3) is 4.24. The first kappa shape index (κ1) is 29.1. The van der Waals surface area contributed by atoms with Crippen LogP contribution in [0.5, 0.6) is 17.2 Å². The molecule has 1 fully saturated rings. The van der Waals surface area contributed by atoms with E-state index in [9.17, 15) is 9.59 Å². The zero-order valence-corrected chi connectivity index (χ0v) is 25.4. The first-order valence-electron chi connectivity index (χ1n) is 15.0. The van der Waals surface area contributed by atoms with E-state index in [0.717, 1.165) is 11.1 Å². The van der Waals surface area contributed by atoms with Crippen LogP contribution < -0.4 is 19.5 Å². The Morgan fingerprint density at radius 2 is 1.65 bits per heavy atom. The van der Waals surface area contributed by atoms with Crippen LogP contribution >= 0.6 is 0 Å². The molecular weight excluding hydrogens is 580 g/mol. The number of carbonyl (C=O) groups is 3. The van der Waals surface area contributed by atoms with Crippen LogP contribution in [0.25, 0.3) is 6.08 Å². The van der Waals surface area contributed by atoms with E-state index in [4.69, 9.17) is 14.2 Å². The number of ether oxygens (including phenoxy) is 3. The number of nitrogens with zero attached hydrogens (tertiary/aromatic N) is 1. The Bertz CT molecular complexity index is 1930. The van der Waals surface area contributed by atoms with Gasteiger partial charge in [0.1, 0.15) is 23.8 Å². The number of rotatable bonds is 9. The van der Waals surface area contributed by atoms with Gasteiger partial charge in [-0.05, 0) is 59.2 Å². The van der Waals surface area contributed by atoms with Gasteiger partial charge >= 0.3 is 0 Å². The van der Waals surface area contributed by atoms with E-state index in [0.29, 0.717) is 39.6 Å². The van der Waals surface area contributed by atoms with Crippen LogP contribution in [0.4, 0.5) is 5.69 Å². The SMILES string of the molecule is C=CCOc1cccc(C(=O)[C@@H]2[C@H](C(=O)c3ccc(OC)c(OC)c3)N3C=Cc4ccccc4[C@@H]3[C@]23C(=O)Nc2ccccc23)c1. The van der Waals surface area contributed by atoms with Crippen LogP contribution in [-0.2, 0) is 10.2 Å². The summed E-state index contributed by atoms with van der Waals surface area (Å²) in [5, 5.41) is 3.08. The highest BCUT2D eigenvalue weighted by atomic mass is 16.5. The van der Waals surface area contributed by atoms with Crippen molar-refractivity contribution in [1.29, 1.82) is 0 Å². The summed E-state index contributed by atoms with van der Waals surface area (Å²) in [6, 6.07) is 25.4. The lowest BCUT2D eigenvalue weighted by Crippen LogP contribution is -2.49. The van der Waals surface area contributed by atoms with E-state index in [-0.39, 0.29) is 24.1 Å².